The van der Waals surface area contributed by atoms with Crippen LogP contribution < -0.4 is 5.32 Å². The zero-order chi connectivity index (χ0) is 15.9. The Hall–Kier alpha value is -0.820. The molecule has 118 valence electrons. The molecule has 0 unspecified atom stereocenters. The lowest BCUT2D eigenvalue weighted by molar-refractivity contribution is 0.115. The zero-order valence-corrected chi connectivity index (χ0v) is 14.0. The molecule has 0 rings (SSSR count). The van der Waals surface area contributed by atoms with Crippen LogP contribution in [-0.4, -0.2) is 40.5 Å². The van der Waals surface area contributed by atoms with Gasteiger partial charge in [0, 0.05) is 6.54 Å². The van der Waals surface area contributed by atoms with Crippen molar-refractivity contribution in [3.8, 4) is 0 Å². The Balaban J connectivity index is -0.000000271. The van der Waals surface area contributed by atoms with E-state index in [0.717, 1.165) is 26.2 Å². The summed E-state index contributed by atoms with van der Waals surface area (Å²) in [6, 6.07) is 0. The largest absolute Gasteiger partial charge is 0.447 e. The van der Waals surface area contributed by atoms with E-state index in [9.17, 15) is 13.2 Å². The molecule has 0 aromatic rings. The maximum absolute atomic E-state index is 10.8. The molecule has 0 fully saturated rings. The van der Waals surface area contributed by atoms with Gasteiger partial charge in [0.05, 0.1) is 19.5 Å². The number of carbonyl (C=O) groups excluding carboxylic acids is 1. The highest BCUT2D eigenvalue weighted by molar-refractivity contribution is 7.85. The molecule has 6 nitrogen and oxygen atoms in total. The molecule has 0 radical (unpaired) electrons. The summed E-state index contributed by atoms with van der Waals surface area (Å²) in [7, 11) is -2.04. The third-order valence-electron chi connectivity index (χ3n) is 1.45. The maximum atomic E-state index is 10.8. The Labute approximate surface area is 118 Å². The molecule has 0 heterocycles. The Kier molecular flexibility index (Phi) is 18.7. The zero-order valence-electron chi connectivity index (χ0n) is 13.1. The van der Waals surface area contributed by atoms with Crippen LogP contribution in [0.25, 0.3) is 0 Å². The lowest BCUT2D eigenvalue weighted by atomic mass is 10.3. The van der Waals surface area contributed by atoms with Crippen LogP contribution in [0.1, 0.15) is 47.5 Å². The van der Waals surface area contributed by atoms with E-state index in [1.165, 1.54) is 0 Å². The van der Waals surface area contributed by atoms with Crippen molar-refractivity contribution in [3.05, 3.63) is 0 Å². The van der Waals surface area contributed by atoms with Crippen molar-refractivity contribution in [2.75, 3.05) is 19.9 Å². The summed E-state index contributed by atoms with van der Waals surface area (Å²) in [5, 5.41) is 2.65. The van der Waals surface area contributed by atoms with E-state index in [4.69, 9.17) is 4.74 Å². The number of unbranched alkanes of at least 4 members (excludes halogenated alkanes) is 1. The van der Waals surface area contributed by atoms with Gasteiger partial charge in [-0.25, -0.2) is 4.79 Å². The molecule has 7 heteroatoms. The molecular formula is C12H29NO5S. The molecule has 1 N–H and O–H groups in total. The van der Waals surface area contributed by atoms with Crippen LogP contribution in [0.5, 0.6) is 0 Å². The SMILES string of the molecule is CC.CCCCNC(=O)OC(C)C.COS(C)(=O)=O. The molecule has 0 bridgehead atoms. The average Bonchev–Trinajstić information content (AvgIpc) is 2.31. The molecule has 0 saturated carbocycles. The second-order valence-corrected chi connectivity index (χ2v) is 5.35. The number of hydrogen-bond donors (Lipinski definition) is 1. The molecule has 0 atom stereocenters. The van der Waals surface area contributed by atoms with Crippen LogP contribution in [-0.2, 0) is 19.0 Å². The fourth-order valence-electron chi connectivity index (χ4n) is 0.623. The van der Waals surface area contributed by atoms with Crippen molar-refractivity contribution in [1.82, 2.24) is 5.32 Å². The third kappa shape index (κ3) is 31.7. The fourth-order valence-corrected chi connectivity index (χ4v) is 0.623. The Morgan fingerprint density at radius 2 is 1.68 bits per heavy atom. The lowest BCUT2D eigenvalue weighted by Gasteiger charge is -2.08. The first-order valence-electron chi connectivity index (χ1n) is 6.43. The van der Waals surface area contributed by atoms with E-state index in [0.29, 0.717) is 6.54 Å². The summed E-state index contributed by atoms with van der Waals surface area (Å²) in [6.45, 7) is 10.5. The molecule has 0 spiro atoms. The molecule has 0 saturated heterocycles. The molecular weight excluding hydrogens is 270 g/mol. The van der Waals surface area contributed by atoms with Crippen molar-refractivity contribution in [2.45, 2.75) is 53.6 Å². The van der Waals surface area contributed by atoms with Gasteiger partial charge in [-0.15, -0.1) is 0 Å². The first-order chi connectivity index (χ1) is 8.72. The minimum Gasteiger partial charge on any atom is -0.447 e. The van der Waals surface area contributed by atoms with Gasteiger partial charge in [0.15, 0.2) is 0 Å². The highest BCUT2D eigenvalue weighted by Crippen LogP contribution is 1.89. The van der Waals surface area contributed by atoms with Crippen molar-refractivity contribution in [1.29, 1.82) is 0 Å². The van der Waals surface area contributed by atoms with Gasteiger partial charge in [-0.3, -0.25) is 4.18 Å². The van der Waals surface area contributed by atoms with Gasteiger partial charge in [-0.2, -0.15) is 8.42 Å². The number of ether oxygens (including phenoxy) is 1. The number of nitrogens with one attached hydrogen (secondary N) is 1. The van der Waals surface area contributed by atoms with E-state index < -0.39 is 10.1 Å². The Bertz CT molecular complexity index is 288. The van der Waals surface area contributed by atoms with Gasteiger partial charge in [0.25, 0.3) is 10.1 Å². The van der Waals surface area contributed by atoms with Crippen LogP contribution in [0, 0.1) is 0 Å². The Morgan fingerprint density at radius 1 is 1.26 bits per heavy atom. The summed E-state index contributed by atoms with van der Waals surface area (Å²) in [5.41, 5.74) is 0. The average molecular weight is 299 g/mol. The second kappa shape index (κ2) is 15.2. The van der Waals surface area contributed by atoms with Gasteiger partial charge in [0.1, 0.15) is 0 Å². The quantitative estimate of drug-likeness (QED) is 0.623. The molecule has 0 aromatic heterocycles. The van der Waals surface area contributed by atoms with E-state index >= 15 is 0 Å². The van der Waals surface area contributed by atoms with Crippen LogP contribution >= 0.6 is 0 Å². The molecule has 19 heavy (non-hydrogen) atoms. The molecule has 0 aliphatic rings. The predicted molar refractivity (Wildman–Crippen MR) is 77.7 cm³/mol. The predicted octanol–water partition coefficient (Wildman–Crippen LogP) is 2.54. The lowest BCUT2D eigenvalue weighted by Crippen LogP contribution is -2.27. The second-order valence-electron chi connectivity index (χ2n) is 3.61. The van der Waals surface area contributed by atoms with Crippen LogP contribution in [0.4, 0.5) is 4.79 Å². The third-order valence-corrected chi connectivity index (χ3v) is 2.05. The first-order valence-corrected chi connectivity index (χ1v) is 8.24. The van der Waals surface area contributed by atoms with E-state index in [2.05, 4.69) is 16.4 Å². The minimum absolute atomic E-state index is 0.0309. The van der Waals surface area contributed by atoms with E-state index in [1.54, 1.807) is 0 Å². The number of hydrogen-bond acceptors (Lipinski definition) is 5. The summed E-state index contributed by atoms with van der Waals surface area (Å²) in [5.74, 6) is 0. The molecule has 1 amide bonds. The van der Waals surface area contributed by atoms with E-state index in [-0.39, 0.29) is 12.2 Å². The van der Waals surface area contributed by atoms with Gasteiger partial charge in [0.2, 0.25) is 0 Å². The topological polar surface area (TPSA) is 81.7 Å². The van der Waals surface area contributed by atoms with Crippen molar-refractivity contribution in [2.24, 2.45) is 0 Å². The summed E-state index contributed by atoms with van der Waals surface area (Å²) in [4.78, 5) is 10.8. The summed E-state index contributed by atoms with van der Waals surface area (Å²) < 4.78 is 28.3. The smallest absolute Gasteiger partial charge is 0.407 e. The summed E-state index contributed by atoms with van der Waals surface area (Å²) in [6.07, 6.45) is 2.74. The molecule has 0 aliphatic heterocycles. The summed E-state index contributed by atoms with van der Waals surface area (Å²) >= 11 is 0. The fraction of sp³-hybridized carbons (Fsp3) is 0.917. The standard InChI is InChI=1S/C8H17NO2.C2H6O3S.C2H6/c1-4-5-6-9-8(10)11-7(2)3;1-5-6(2,3)4;1-2/h7H,4-6H2,1-3H3,(H,9,10);1-2H3;1-2H3. The number of amides is 1. The normalized spacial score (nSPS) is 9.68. The van der Waals surface area contributed by atoms with Crippen LogP contribution in [0.15, 0.2) is 0 Å². The first kappa shape index (κ1) is 23.3. The molecule has 0 aliphatic carbocycles. The highest BCUT2D eigenvalue weighted by Gasteiger charge is 2.01. The van der Waals surface area contributed by atoms with Gasteiger partial charge < -0.3 is 10.1 Å². The number of alkyl carbamates (subject to hydrolysis) is 1. The van der Waals surface area contributed by atoms with Crippen LogP contribution in [0.2, 0.25) is 0 Å². The highest BCUT2D eigenvalue weighted by atomic mass is 32.2. The minimum atomic E-state index is -3.16. The number of rotatable bonds is 5. The molecule has 0 aromatic carbocycles. The Morgan fingerprint density at radius 3 is 1.95 bits per heavy atom. The van der Waals surface area contributed by atoms with E-state index in [1.807, 2.05) is 27.7 Å². The van der Waals surface area contributed by atoms with Crippen LogP contribution in [0.3, 0.4) is 0 Å². The number of carbonyl (C=O) groups is 1. The van der Waals surface area contributed by atoms with Gasteiger partial charge in [-0.05, 0) is 20.3 Å². The maximum Gasteiger partial charge on any atom is 0.407 e. The monoisotopic (exact) mass is 299 g/mol. The van der Waals surface area contributed by atoms with Crippen molar-refractivity contribution >= 4 is 16.2 Å². The van der Waals surface area contributed by atoms with Gasteiger partial charge in [-0.1, -0.05) is 27.2 Å². The van der Waals surface area contributed by atoms with Crippen molar-refractivity contribution < 1.29 is 22.1 Å². The van der Waals surface area contributed by atoms with Crippen molar-refractivity contribution in [3.63, 3.8) is 0 Å². The van der Waals surface area contributed by atoms with Gasteiger partial charge >= 0.3 is 6.09 Å².